The first-order valence-electron chi connectivity index (χ1n) is 8.00. The van der Waals surface area contributed by atoms with Gasteiger partial charge in [-0.1, -0.05) is 32.1 Å². The van der Waals surface area contributed by atoms with Gasteiger partial charge in [-0.2, -0.15) is 5.26 Å². The average molecular weight is 267 g/mol. The van der Waals surface area contributed by atoms with E-state index in [9.17, 15) is 0 Å². The van der Waals surface area contributed by atoms with Gasteiger partial charge in [-0.3, -0.25) is 0 Å². The van der Waals surface area contributed by atoms with Gasteiger partial charge >= 0.3 is 0 Å². The summed E-state index contributed by atoms with van der Waals surface area (Å²) in [6.45, 7) is 2.59. The molecule has 0 spiro atoms. The lowest BCUT2D eigenvalue weighted by atomic mass is 10.1. The molecule has 1 aliphatic rings. The number of unbranched alkanes of at least 4 members (excludes halogenated alkanes) is 7. The minimum absolute atomic E-state index is 0.355. The predicted molar refractivity (Wildman–Crippen MR) is 77.0 cm³/mol. The molecule has 0 aromatic carbocycles. The first-order chi connectivity index (χ1) is 9.43. The van der Waals surface area contributed by atoms with Crippen LogP contribution in [0.15, 0.2) is 0 Å². The van der Waals surface area contributed by atoms with Crippen LogP contribution in [0.25, 0.3) is 0 Å². The highest BCUT2D eigenvalue weighted by Gasteiger charge is 2.13. The third-order valence-corrected chi connectivity index (χ3v) is 3.65. The van der Waals surface area contributed by atoms with E-state index in [1.165, 1.54) is 57.8 Å². The van der Waals surface area contributed by atoms with Gasteiger partial charge in [-0.05, 0) is 32.1 Å². The van der Waals surface area contributed by atoms with Gasteiger partial charge in [0.15, 0.2) is 0 Å². The van der Waals surface area contributed by atoms with E-state index < -0.39 is 0 Å². The van der Waals surface area contributed by atoms with Crippen molar-refractivity contribution in [3.8, 4) is 6.07 Å². The molecule has 0 aromatic heterocycles. The molecule has 0 aromatic rings. The Kier molecular flexibility index (Phi) is 10.8. The van der Waals surface area contributed by atoms with Gasteiger partial charge in [-0.25, -0.2) is 0 Å². The van der Waals surface area contributed by atoms with Crippen LogP contribution in [0.2, 0.25) is 0 Å². The summed E-state index contributed by atoms with van der Waals surface area (Å²) in [5.74, 6) is 0. The molecule has 110 valence electrons. The Bertz CT molecular complexity index is 231. The molecule has 1 aliphatic heterocycles. The maximum absolute atomic E-state index is 8.41. The van der Waals surface area contributed by atoms with Crippen molar-refractivity contribution in [3.05, 3.63) is 0 Å². The van der Waals surface area contributed by atoms with Crippen LogP contribution in [-0.4, -0.2) is 25.9 Å². The molecule has 3 nitrogen and oxygen atoms in total. The fraction of sp³-hybridized carbons (Fsp3) is 0.938. The molecule has 19 heavy (non-hydrogen) atoms. The van der Waals surface area contributed by atoms with Crippen LogP contribution in [0.5, 0.6) is 0 Å². The maximum Gasteiger partial charge on any atom is 0.0808 e. The van der Waals surface area contributed by atoms with Gasteiger partial charge < -0.3 is 9.47 Å². The van der Waals surface area contributed by atoms with E-state index >= 15 is 0 Å². The van der Waals surface area contributed by atoms with Crippen LogP contribution >= 0.6 is 0 Å². The highest BCUT2D eigenvalue weighted by Crippen LogP contribution is 2.13. The summed E-state index contributed by atoms with van der Waals surface area (Å²) < 4.78 is 11.3. The normalized spacial score (nSPS) is 19.2. The minimum atomic E-state index is 0.355. The van der Waals surface area contributed by atoms with Crippen LogP contribution in [0.4, 0.5) is 0 Å². The van der Waals surface area contributed by atoms with Gasteiger partial charge in [-0.15, -0.1) is 0 Å². The third-order valence-electron chi connectivity index (χ3n) is 3.65. The summed E-state index contributed by atoms with van der Waals surface area (Å²) in [6.07, 6.45) is 13.4. The van der Waals surface area contributed by atoms with Gasteiger partial charge in [0.1, 0.15) is 0 Å². The van der Waals surface area contributed by atoms with Crippen LogP contribution in [0.3, 0.4) is 0 Å². The fourth-order valence-corrected chi connectivity index (χ4v) is 2.45. The van der Waals surface area contributed by atoms with E-state index in [2.05, 4.69) is 6.07 Å². The second kappa shape index (κ2) is 12.4. The van der Waals surface area contributed by atoms with Gasteiger partial charge in [0.05, 0.1) is 18.8 Å². The Labute approximate surface area is 118 Å². The highest BCUT2D eigenvalue weighted by atomic mass is 16.5. The Morgan fingerprint density at radius 3 is 2.42 bits per heavy atom. The van der Waals surface area contributed by atoms with Crippen molar-refractivity contribution in [2.24, 2.45) is 0 Å². The zero-order chi connectivity index (χ0) is 13.6. The van der Waals surface area contributed by atoms with Crippen molar-refractivity contribution in [2.45, 2.75) is 76.7 Å². The van der Waals surface area contributed by atoms with E-state index in [4.69, 9.17) is 14.7 Å². The second-order valence-corrected chi connectivity index (χ2v) is 5.45. The molecule has 0 N–H and O–H groups in total. The summed E-state index contributed by atoms with van der Waals surface area (Å²) in [5, 5.41) is 8.41. The lowest BCUT2D eigenvalue weighted by Crippen LogP contribution is -2.24. The predicted octanol–water partition coefficient (Wildman–Crippen LogP) is 4.22. The second-order valence-electron chi connectivity index (χ2n) is 5.45. The molecule has 1 heterocycles. The van der Waals surface area contributed by atoms with Crippen LogP contribution in [0.1, 0.15) is 70.6 Å². The number of hydrogen-bond donors (Lipinski definition) is 0. The molecule has 1 rings (SSSR count). The SMILES string of the molecule is N#CCCCCCCCCCOCC1CCCCO1. The molecule has 3 heteroatoms. The molecular formula is C16H29NO2. The number of ether oxygens (including phenoxy) is 2. The Hall–Kier alpha value is -0.590. The lowest BCUT2D eigenvalue weighted by molar-refractivity contribution is -0.0411. The topological polar surface area (TPSA) is 42.2 Å². The standard InChI is InChI=1S/C16H29NO2/c17-12-8-5-3-1-2-4-6-9-13-18-15-16-11-7-10-14-19-16/h16H,1-11,13-15H2. The maximum atomic E-state index is 8.41. The third kappa shape index (κ3) is 9.92. The molecule has 1 unspecified atom stereocenters. The number of nitrogens with zero attached hydrogens (tertiary/aromatic N) is 1. The molecule has 0 radical (unpaired) electrons. The minimum Gasteiger partial charge on any atom is -0.379 e. The largest absolute Gasteiger partial charge is 0.379 e. The molecule has 0 saturated carbocycles. The first-order valence-corrected chi connectivity index (χ1v) is 8.00. The summed E-state index contributed by atoms with van der Waals surface area (Å²) in [6, 6.07) is 2.19. The van der Waals surface area contributed by atoms with Crippen molar-refractivity contribution >= 4 is 0 Å². The van der Waals surface area contributed by atoms with Gasteiger partial charge in [0.2, 0.25) is 0 Å². The Morgan fingerprint density at radius 2 is 1.74 bits per heavy atom. The zero-order valence-corrected chi connectivity index (χ0v) is 12.2. The molecule has 1 fully saturated rings. The van der Waals surface area contributed by atoms with Crippen LogP contribution in [0, 0.1) is 11.3 Å². The van der Waals surface area contributed by atoms with Crippen LogP contribution < -0.4 is 0 Å². The van der Waals surface area contributed by atoms with Crippen molar-refractivity contribution < 1.29 is 9.47 Å². The Balaban J connectivity index is 1.72. The summed E-state index contributed by atoms with van der Waals surface area (Å²) in [4.78, 5) is 0. The molecule has 1 atom stereocenters. The molecule has 1 saturated heterocycles. The number of hydrogen-bond acceptors (Lipinski definition) is 3. The monoisotopic (exact) mass is 267 g/mol. The van der Waals surface area contributed by atoms with Crippen molar-refractivity contribution in [1.82, 2.24) is 0 Å². The van der Waals surface area contributed by atoms with Crippen molar-refractivity contribution in [1.29, 1.82) is 5.26 Å². The smallest absolute Gasteiger partial charge is 0.0808 e. The fourth-order valence-electron chi connectivity index (χ4n) is 2.45. The van der Waals surface area contributed by atoms with Gasteiger partial charge in [0.25, 0.3) is 0 Å². The van der Waals surface area contributed by atoms with Crippen LogP contribution in [-0.2, 0) is 9.47 Å². The summed E-state index contributed by atoms with van der Waals surface area (Å²) in [7, 11) is 0. The van der Waals surface area contributed by atoms with Gasteiger partial charge in [0, 0.05) is 19.6 Å². The summed E-state index contributed by atoms with van der Waals surface area (Å²) >= 11 is 0. The van der Waals surface area contributed by atoms with E-state index in [0.717, 1.165) is 32.7 Å². The Morgan fingerprint density at radius 1 is 1.00 bits per heavy atom. The first kappa shape index (κ1) is 16.5. The molecular weight excluding hydrogens is 238 g/mol. The van der Waals surface area contributed by atoms with E-state index in [1.807, 2.05) is 0 Å². The lowest BCUT2D eigenvalue weighted by Gasteiger charge is -2.22. The van der Waals surface area contributed by atoms with Crippen molar-refractivity contribution in [3.63, 3.8) is 0 Å². The van der Waals surface area contributed by atoms with Crippen molar-refractivity contribution in [2.75, 3.05) is 19.8 Å². The number of nitriles is 1. The molecule has 0 amide bonds. The molecule has 0 aliphatic carbocycles. The zero-order valence-electron chi connectivity index (χ0n) is 12.2. The summed E-state index contributed by atoms with van der Waals surface area (Å²) in [5.41, 5.74) is 0. The highest BCUT2D eigenvalue weighted by molar-refractivity contribution is 4.67. The van der Waals surface area contributed by atoms with E-state index in [0.29, 0.717) is 6.10 Å². The number of rotatable bonds is 11. The average Bonchev–Trinajstić information content (AvgIpc) is 2.46. The van der Waals surface area contributed by atoms with E-state index in [1.54, 1.807) is 0 Å². The van der Waals surface area contributed by atoms with E-state index in [-0.39, 0.29) is 0 Å². The quantitative estimate of drug-likeness (QED) is 0.526. The molecule has 0 bridgehead atoms.